The first-order valence-electron chi connectivity index (χ1n) is 12.4. The van der Waals surface area contributed by atoms with Crippen molar-refractivity contribution in [3.63, 3.8) is 0 Å². The zero-order valence-electron chi connectivity index (χ0n) is 20.6. The van der Waals surface area contributed by atoms with Crippen LogP contribution in [0.15, 0.2) is 78.9 Å². The number of hydrogen-bond donors (Lipinski definition) is 1. The van der Waals surface area contributed by atoms with Gasteiger partial charge in [0.2, 0.25) is 0 Å². The molecule has 0 saturated heterocycles. The van der Waals surface area contributed by atoms with Gasteiger partial charge in [0.05, 0.1) is 10.2 Å². The normalized spacial score (nSPS) is 13.4. The number of anilines is 1. The van der Waals surface area contributed by atoms with Crippen molar-refractivity contribution in [2.75, 3.05) is 18.5 Å². The first kappa shape index (κ1) is 23.9. The van der Waals surface area contributed by atoms with Crippen molar-refractivity contribution in [3.8, 4) is 16.3 Å². The summed E-state index contributed by atoms with van der Waals surface area (Å²) in [5.41, 5.74) is 5.70. The quantitative estimate of drug-likeness (QED) is 0.251. The van der Waals surface area contributed by atoms with Gasteiger partial charge >= 0.3 is 0 Å². The number of benzene rings is 3. The van der Waals surface area contributed by atoms with Crippen molar-refractivity contribution >= 4 is 43.8 Å². The largest absolute Gasteiger partial charge is 0.483 e. The molecule has 1 aliphatic rings. The number of carbonyl (C=O) groups excluding carboxylic acids is 1. The minimum Gasteiger partial charge on any atom is -0.483 e. The number of aryl methyl sites for hydroxylation is 1. The van der Waals surface area contributed by atoms with E-state index in [1.165, 1.54) is 16.0 Å². The Hall–Kier alpha value is -3.52. The average Bonchev–Trinajstić information content (AvgIpc) is 3.49. The molecule has 3 aromatic carbocycles. The number of thiophene rings is 1. The Bertz CT molecular complexity index is 1520. The van der Waals surface area contributed by atoms with Crippen LogP contribution in [0.25, 0.3) is 20.8 Å². The molecule has 0 atom stereocenters. The van der Waals surface area contributed by atoms with Gasteiger partial charge in [-0.3, -0.25) is 9.69 Å². The van der Waals surface area contributed by atoms with Gasteiger partial charge in [0.1, 0.15) is 15.8 Å². The molecule has 1 N–H and O–H groups in total. The molecule has 0 bridgehead atoms. The Balaban J connectivity index is 1.28. The van der Waals surface area contributed by atoms with Crippen LogP contribution in [-0.4, -0.2) is 28.9 Å². The first-order chi connectivity index (χ1) is 18.1. The summed E-state index contributed by atoms with van der Waals surface area (Å²) in [6.45, 7) is 4.70. The van der Waals surface area contributed by atoms with Crippen molar-refractivity contribution in [3.05, 3.63) is 100 Å². The smallest absolute Gasteiger partial charge is 0.262 e. The maximum Gasteiger partial charge on any atom is 0.262 e. The fraction of sp³-hybridized carbons (Fsp3) is 0.200. The minimum absolute atomic E-state index is 0.0349. The number of fused-ring (bicyclic) bond motifs is 2. The molecule has 1 aliphatic heterocycles. The Morgan fingerprint density at radius 1 is 1.00 bits per heavy atom. The van der Waals surface area contributed by atoms with Crippen molar-refractivity contribution in [2.45, 2.75) is 26.4 Å². The summed E-state index contributed by atoms with van der Waals surface area (Å²) in [4.78, 5) is 21.7. The molecule has 5 aromatic rings. The maximum atomic E-state index is 13.0. The summed E-state index contributed by atoms with van der Waals surface area (Å²) >= 11 is 3.36. The van der Waals surface area contributed by atoms with Crippen molar-refractivity contribution in [1.82, 2.24) is 9.88 Å². The molecule has 0 spiro atoms. The second-order valence-corrected chi connectivity index (χ2v) is 11.4. The second-order valence-electron chi connectivity index (χ2n) is 9.24. The number of carbonyl (C=O) groups is 1. The highest BCUT2D eigenvalue weighted by Gasteiger charge is 2.28. The van der Waals surface area contributed by atoms with Crippen molar-refractivity contribution < 1.29 is 9.53 Å². The summed E-state index contributed by atoms with van der Waals surface area (Å²) in [5, 5.41) is 5.00. The van der Waals surface area contributed by atoms with E-state index in [4.69, 9.17) is 9.72 Å². The third-order valence-corrected chi connectivity index (χ3v) is 8.78. The van der Waals surface area contributed by atoms with Crippen LogP contribution >= 0.6 is 22.7 Å². The molecular weight excluding hydrogens is 498 g/mol. The molecule has 186 valence electrons. The van der Waals surface area contributed by atoms with Gasteiger partial charge in [-0.15, -0.1) is 22.7 Å². The van der Waals surface area contributed by atoms with Crippen LogP contribution in [0.4, 0.5) is 5.00 Å². The Kier molecular flexibility index (Phi) is 6.74. The van der Waals surface area contributed by atoms with E-state index >= 15 is 0 Å². The van der Waals surface area contributed by atoms with Gasteiger partial charge in [-0.1, -0.05) is 60.7 Å². The maximum absolute atomic E-state index is 13.0. The molecular formula is C30H27N3O2S2. The number of aromatic nitrogens is 1. The van der Waals surface area contributed by atoms with E-state index in [1.54, 1.807) is 22.7 Å². The van der Waals surface area contributed by atoms with Crippen LogP contribution in [0.1, 0.15) is 21.6 Å². The van der Waals surface area contributed by atoms with Gasteiger partial charge in [-0.05, 0) is 48.2 Å². The lowest BCUT2D eigenvalue weighted by Gasteiger charge is -2.27. The average molecular weight is 526 g/mol. The van der Waals surface area contributed by atoms with Crippen molar-refractivity contribution in [1.29, 1.82) is 0 Å². The fourth-order valence-electron chi connectivity index (χ4n) is 4.75. The highest BCUT2D eigenvalue weighted by atomic mass is 32.1. The summed E-state index contributed by atoms with van der Waals surface area (Å²) in [7, 11) is 0. The van der Waals surface area contributed by atoms with E-state index in [0.717, 1.165) is 63.2 Å². The number of hydrogen-bond acceptors (Lipinski definition) is 6. The number of thiazole rings is 1. The van der Waals surface area contributed by atoms with Crippen molar-refractivity contribution in [2.24, 2.45) is 0 Å². The van der Waals surface area contributed by atoms with Gasteiger partial charge in [-0.2, -0.15) is 0 Å². The van der Waals surface area contributed by atoms with E-state index in [9.17, 15) is 4.79 Å². The predicted molar refractivity (Wildman–Crippen MR) is 152 cm³/mol. The third-order valence-electron chi connectivity index (χ3n) is 6.60. The van der Waals surface area contributed by atoms with Gasteiger partial charge in [0.15, 0.2) is 6.61 Å². The summed E-state index contributed by atoms with van der Waals surface area (Å²) in [5.74, 6) is 0.566. The lowest BCUT2D eigenvalue weighted by molar-refractivity contribution is -0.118. The van der Waals surface area contributed by atoms with Crippen LogP contribution < -0.4 is 10.1 Å². The third kappa shape index (κ3) is 5.16. The first-order valence-corrected chi connectivity index (χ1v) is 14.0. The molecule has 2 aromatic heterocycles. The Labute approximate surface area is 224 Å². The topological polar surface area (TPSA) is 54.5 Å². The summed E-state index contributed by atoms with van der Waals surface area (Å²) < 4.78 is 6.97. The highest BCUT2D eigenvalue weighted by Crippen LogP contribution is 2.45. The molecule has 3 heterocycles. The summed E-state index contributed by atoms with van der Waals surface area (Å²) in [6, 6.07) is 26.5. The molecule has 0 radical (unpaired) electrons. The molecule has 0 fully saturated rings. The molecule has 0 saturated carbocycles. The summed E-state index contributed by atoms with van der Waals surface area (Å²) in [6.07, 6.45) is 0.930. The van der Waals surface area contributed by atoms with E-state index in [0.29, 0.717) is 0 Å². The molecule has 0 aliphatic carbocycles. The standard InChI is InChI=1S/C30H27N3O2S2/c1-20-9-5-7-13-24(20)35-19-27(34)32-30-28(29-31-23-12-6-8-14-25(23)36-29)22-15-16-33(18-26(22)37-30)17-21-10-3-2-4-11-21/h2-14H,15-19H2,1H3,(H,32,34). The monoisotopic (exact) mass is 525 g/mol. The van der Waals surface area contributed by atoms with Gasteiger partial charge in [0, 0.05) is 30.1 Å². The Morgan fingerprint density at radius 2 is 1.78 bits per heavy atom. The lowest BCUT2D eigenvalue weighted by atomic mass is 10.0. The molecule has 0 unspecified atom stereocenters. The van der Waals surface area contributed by atoms with Crippen LogP contribution in [0.2, 0.25) is 0 Å². The zero-order valence-corrected chi connectivity index (χ0v) is 22.2. The van der Waals surface area contributed by atoms with Crippen LogP contribution in [0.5, 0.6) is 5.75 Å². The van der Waals surface area contributed by atoms with Crippen LogP contribution in [0, 0.1) is 6.92 Å². The van der Waals surface area contributed by atoms with Gasteiger partial charge in [0.25, 0.3) is 5.91 Å². The van der Waals surface area contributed by atoms with Crippen LogP contribution in [0.3, 0.4) is 0 Å². The Morgan fingerprint density at radius 3 is 2.62 bits per heavy atom. The second kappa shape index (κ2) is 10.5. The molecule has 37 heavy (non-hydrogen) atoms. The SMILES string of the molecule is Cc1ccccc1OCC(=O)Nc1sc2c(c1-c1nc3ccccc3s1)CCN(Cc1ccccc1)C2. The number of rotatable bonds is 7. The number of nitrogens with one attached hydrogen (secondary N) is 1. The molecule has 6 rings (SSSR count). The molecule has 5 nitrogen and oxygen atoms in total. The van der Waals surface area contributed by atoms with E-state index in [1.807, 2.05) is 49.4 Å². The molecule has 7 heteroatoms. The predicted octanol–water partition coefficient (Wildman–Crippen LogP) is 6.91. The van der Waals surface area contributed by atoms with E-state index < -0.39 is 0 Å². The number of nitrogens with zero attached hydrogens (tertiary/aromatic N) is 2. The van der Waals surface area contributed by atoms with E-state index in [2.05, 4.69) is 46.6 Å². The van der Waals surface area contributed by atoms with Crippen LogP contribution in [-0.2, 0) is 24.3 Å². The molecule has 1 amide bonds. The fourth-order valence-corrected chi connectivity index (χ4v) is 7.17. The number of para-hydroxylation sites is 2. The number of ether oxygens (including phenoxy) is 1. The zero-order chi connectivity index (χ0) is 25.2. The van der Waals surface area contributed by atoms with Gasteiger partial charge in [-0.25, -0.2) is 4.98 Å². The van der Waals surface area contributed by atoms with Gasteiger partial charge < -0.3 is 10.1 Å². The lowest BCUT2D eigenvalue weighted by Crippen LogP contribution is -2.29. The minimum atomic E-state index is -0.162. The number of amides is 1. The highest BCUT2D eigenvalue weighted by molar-refractivity contribution is 7.22. The van der Waals surface area contributed by atoms with E-state index in [-0.39, 0.29) is 12.5 Å².